The van der Waals surface area contributed by atoms with E-state index in [9.17, 15) is 15.0 Å². The summed E-state index contributed by atoms with van der Waals surface area (Å²) < 4.78 is 7.88. The number of amides is 1. The van der Waals surface area contributed by atoms with Crippen LogP contribution in [0.15, 0.2) is 42.7 Å². The molecule has 1 aliphatic heterocycles. The van der Waals surface area contributed by atoms with Gasteiger partial charge in [-0.05, 0) is 76.6 Å². The molecule has 198 valence electrons. The van der Waals surface area contributed by atoms with E-state index in [1.165, 1.54) is 0 Å². The Morgan fingerprint density at radius 2 is 1.86 bits per heavy atom. The molecule has 2 fully saturated rings. The third kappa shape index (κ3) is 6.05. The summed E-state index contributed by atoms with van der Waals surface area (Å²) >= 11 is 0. The Labute approximate surface area is 217 Å². The lowest BCUT2D eigenvalue weighted by Crippen LogP contribution is -2.44. The highest BCUT2D eigenvalue weighted by atomic mass is 16.5. The molecule has 5 rings (SSSR count). The van der Waals surface area contributed by atoms with Crippen LogP contribution in [0.5, 0.6) is 5.75 Å². The topological polar surface area (TPSA) is 113 Å². The number of likely N-dealkylation sites (tertiary alicyclic amines) is 1. The second kappa shape index (κ2) is 10.7. The predicted molar refractivity (Wildman–Crippen MR) is 142 cm³/mol. The number of aliphatic hydroxyl groups excluding tert-OH is 1. The number of hydrogen-bond donors (Lipinski definition) is 3. The standard InChI is InChI=1S/C28H37N5O4/c1-28(2,36)18-37-24-5-3-4-23-22(24)13-17-33(23)25-10-14-29-27(31-25)30-20-8-6-19(7-9-20)26(35)32-15-11-21(34)12-16-32/h3-5,10,13-14,17,19-21,34,36H,6-9,11-12,15-16,18H2,1-2H3,(H,29,30,31)/t19-,20-. The van der Waals surface area contributed by atoms with Crippen molar-refractivity contribution >= 4 is 22.8 Å². The van der Waals surface area contributed by atoms with Gasteiger partial charge in [0.25, 0.3) is 0 Å². The van der Waals surface area contributed by atoms with Crippen molar-refractivity contribution in [3.8, 4) is 11.6 Å². The van der Waals surface area contributed by atoms with Gasteiger partial charge < -0.3 is 29.7 Å². The van der Waals surface area contributed by atoms with E-state index in [2.05, 4.69) is 10.3 Å². The van der Waals surface area contributed by atoms with Gasteiger partial charge in [-0.2, -0.15) is 4.98 Å². The number of rotatable bonds is 7. The lowest BCUT2D eigenvalue weighted by atomic mass is 9.85. The van der Waals surface area contributed by atoms with Gasteiger partial charge in [-0.15, -0.1) is 0 Å². The first kappa shape index (κ1) is 25.5. The Kier molecular flexibility index (Phi) is 7.35. The van der Waals surface area contributed by atoms with Crippen molar-refractivity contribution in [1.82, 2.24) is 19.4 Å². The van der Waals surface area contributed by atoms with Crippen molar-refractivity contribution in [2.24, 2.45) is 5.92 Å². The zero-order valence-electron chi connectivity index (χ0n) is 21.6. The van der Waals surface area contributed by atoms with Gasteiger partial charge in [0.15, 0.2) is 0 Å². The fourth-order valence-electron chi connectivity index (χ4n) is 5.28. The van der Waals surface area contributed by atoms with Crippen LogP contribution in [0.4, 0.5) is 5.95 Å². The van der Waals surface area contributed by atoms with E-state index in [1.54, 1.807) is 20.0 Å². The minimum absolute atomic E-state index is 0.0691. The van der Waals surface area contributed by atoms with E-state index < -0.39 is 5.60 Å². The molecule has 9 heteroatoms. The third-order valence-corrected chi connectivity index (χ3v) is 7.35. The third-order valence-electron chi connectivity index (χ3n) is 7.35. The van der Waals surface area contributed by atoms with Crippen LogP contribution < -0.4 is 10.1 Å². The Balaban J connectivity index is 1.22. The van der Waals surface area contributed by atoms with E-state index in [0.29, 0.717) is 31.9 Å². The smallest absolute Gasteiger partial charge is 0.225 e. The van der Waals surface area contributed by atoms with Gasteiger partial charge in [-0.3, -0.25) is 4.79 Å². The van der Waals surface area contributed by atoms with E-state index in [1.807, 2.05) is 46.0 Å². The molecule has 3 N–H and O–H groups in total. The number of aliphatic hydroxyl groups is 2. The lowest BCUT2D eigenvalue weighted by molar-refractivity contribution is -0.138. The molecule has 0 spiro atoms. The molecule has 1 saturated carbocycles. The number of ether oxygens (including phenoxy) is 1. The van der Waals surface area contributed by atoms with Gasteiger partial charge >= 0.3 is 0 Å². The summed E-state index contributed by atoms with van der Waals surface area (Å²) in [6.45, 7) is 4.98. The van der Waals surface area contributed by atoms with Crippen molar-refractivity contribution in [2.45, 2.75) is 70.1 Å². The molecule has 3 heterocycles. The van der Waals surface area contributed by atoms with Crippen LogP contribution in [0.2, 0.25) is 0 Å². The summed E-state index contributed by atoms with van der Waals surface area (Å²) in [6.07, 6.45) is 8.32. The molecule has 1 aliphatic carbocycles. The van der Waals surface area contributed by atoms with Gasteiger partial charge in [-0.25, -0.2) is 4.98 Å². The van der Waals surface area contributed by atoms with Crippen molar-refractivity contribution in [1.29, 1.82) is 0 Å². The zero-order chi connectivity index (χ0) is 26.0. The Hall–Kier alpha value is -3.17. The van der Waals surface area contributed by atoms with Crippen LogP contribution in [0, 0.1) is 5.92 Å². The number of fused-ring (bicyclic) bond motifs is 1. The fraction of sp³-hybridized carbons (Fsp3) is 0.536. The molecular weight excluding hydrogens is 470 g/mol. The van der Waals surface area contributed by atoms with Crippen LogP contribution in [0.1, 0.15) is 52.4 Å². The monoisotopic (exact) mass is 507 g/mol. The number of nitrogens with zero attached hydrogens (tertiary/aromatic N) is 4. The van der Waals surface area contributed by atoms with Gasteiger partial charge in [0.05, 0.1) is 17.2 Å². The van der Waals surface area contributed by atoms with E-state index in [0.717, 1.165) is 48.2 Å². The molecule has 0 radical (unpaired) electrons. The minimum atomic E-state index is -0.915. The predicted octanol–water partition coefficient (Wildman–Crippen LogP) is 3.52. The van der Waals surface area contributed by atoms with Gasteiger partial charge in [-0.1, -0.05) is 6.07 Å². The first-order chi connectivity index (χ1) is 17.8. The molecule has 0 bridgehead atoms. The highest BCUT2D eigenvalue weighted by Gasteiger charge is 2.31. The quantitative estimate of drug-likeness (QED) is 0.448. The summed E-state index contributed by atoms with van der Waals surface area (Å²) in [7, 11) is 0. The van der Waals surface area contributed by atoms with E-state index in [4.69, 9.17) is 9.72 Å². The maximum atomic E-state index is 12.9. The number of benzene rings is 1. The van der Waals surface area contributed by atoms with Crippen molar-refractivity contribution < 1.29 is 19.7 Å². The van der Waals surface area contributed by atoms with E-state index >= 15 is 0 Å². The molecule has 3 aromatic rings. The van der Waals surface area contributed by atoms with Gasteiger partial charge in [0, 0.05) is 42.8 Å². The number of piperidine rings is 1. The number of nitrogens with one attached hydrogen (secondary N) is 1. The van der Waals surface area contributed by atoms with Crippen LogP contribution in [0.25, 0.3) is 16.7 Å². The van der Waals surface area contributed by atoms with E-state index in [-0.39, 0.29) is 30.6 Å². The van der Waals surface area contributed by atoms with Crippen LogP contribution in [-0.2, 0) is 4.79 Å². The van der Waals surface area contributed by atoms with Crippen LogP contribution in [-0.4, -0.2) is 73.0 Å². The largest absolute Gasteiger partial charge is 0.490 e. The molecule has 2 aliphatic rings. The molecule has 0 unspecified atom stereocenters. The Morgan fingerprint density at radius 3 is 2.59 bits per heavy atom. The zero-order valence-corrected chi connectivity index (χ0v) is 21.6. The Bertz CT molecular complexity index is 1220. The maximum Gasteiger partial charge on any atom is 0.225 e. The van der Waals surface area contributed by atoms with Crippen molar-refractivity contribution in [2.75, 3.05) is 25.0 Å². The molecule has 37 heavy (non-hydrogen) atoms. The number of carbonyl (C=O) groups excluding carboxylic acids is 1. The fourth-order valence-corrected chi connectivity index (χ4v) is 5.28. The summed E-state index contributed by atoms with van der Waals surface area (Å²) in [6, 6.07) is 9.95. The molecular formula is C28H37N5O4. The van der Waals surface area contributed by atoms with Crippen molar-refractivity contribution in [3.05, 3.63) is 42.7 Å². The van der Waals surface area contributed by atoms with Gasteiger partial charge in [0.2, 0.25) is 11.9 Å². The SMILES string of the molecule is CC(C)(O)COc1cccc2c1ccn2-c1ccnc(N[C@H]2CC[C@H](C(=O)N3CCC(O)CC3)CC2)n1. The molecule has 1 saturated heterocycles. The second-order valence-corrected chi connectivity index (χ2v) is 11.0. The van der Waals surface area contributed by atoms with Gasteiger partial charge in [0.1, 0.15) is 18.2 Å². The normalized spacial score (nSPS) is 21.2. The molecule has 9 nitrogen and oxygen atoms in total. The molecule has 1 aromatic carbocycles. The summed E-state index contributed by atoms with van der Waals surface area (Å²) in [4.78, 5) is 24.0. The number of hydrogen-bond acceptors (Lipinski definition) is 7. The maximum absolute atomic E-state index is 12.9. The first-order valence-corrected chi connectivity index (χ1v) is 13.3. The first-order valence-electron chi connectivity index (χ1n) is 13.3. The number of anilines is 1. The second-order valence-electron chi connectivity index (χ2n) is 11.0. The average molecular weight is 508 g/mol. The minimum Gasteiger partial charge on any atom is -0.490 e. The highest BCUT2D eigenvalue weighted by Crippen LogP contribution is 2.30. The summed E-state index contributed by atoms with van der Waals surface area (Å²) in [5, 5.41) is 24.2. The van der Waals surface area contributed by atoms with Crippen LogP contribution >= 0.6 is 0 Å². The lowest BCUT2D eigenvalue weighted by Gasteiger charge is -2.35. The summed E-state index contributed by atoms with van der Waals surface area (Å²) in [5.74, 6) is 2.36. The molecule has 0 atom stereocenters. The number of aromatic nitrogens is 3. The molecule has 2 aromatic heterocycles. The van der Waals surface area contributed by atoms with Crippen LogP contribution in [0.3, 0.4) is 0 Å². The molecule has 1 amide bonds. The highest BCUT2D eigenvalue weighted by molar-refractivity contribution is 5.87. The van der Waals surface area contributed by atoms with Crippen molar-refractivity contribution in [3.63, 3.8) is 0 Å². The number of carbonyl (C=O) groups is 1. The summed E-state index contributed by atoms with van der Waals surface area (Å²) in [5.41, 5.74) is 0.0451. The average Bonchev–Trinajstić information content (AvgIpc) is 3.33. The Morgan fingerprint density at radius 1 is 1.11 bits per heavy atom.